The third-order valence-corrected chi connectivity index (χ3v) is 2.01. The van der Waals surface area contributed by atoms with E-state index in [4.69, 9.17) is 0 Å². The van der Waals surface area contributed by atoms with E-state index in [0.717, 1.165) is 5.56 Å². The number of H-pyrrole nitrogens is 1. The highest BCUT2D eigenvalue weighted by atomic mass is 19.1. The Balaban J connectivity index is 2.24. The van der Waals surface area contributed by atoms with Gasteiger partial charge in [0.15, 0.2) is 0 Å². The molecule has 2 N–H and O–H groups in total. The maximum absolute atomic E-state index is 13.3. The second kappa shape index (κ2) is 4.09. The zero-order chi connectivity index (χ0) is 11.5. The van der Waals surface area contributed by atoms with Gasteiger partial charge < -0.3 is 0 Å². The number of halogens is 1. The number of nitrogens with one attached hydrogen (secondary N) is 2. The minimum absolute atomic E-state index is 0.0172. The normalized spacial score (nSPS) is 10.1. The summed E-state index contributed by atoms with van der Waals surface area (Å²) in [5.74, 6) is -0.938. The molecule has 0 saturated heterocycles. The topological polar surface area (TPSA) is 70.7 Å². The molecule has 0 spiro atoms. The Kier molecular flexibility index (Phi) is 2.63. The number of carbonyl (C=O) groups is 1. The summed E-state index contributed by atoms with van der Waals surface area (Å²) in [5.41, 5.74) is 0.792. The highest BCUT2D eigenvalue weighted by Crippen LogP contribution is 2.11. The first-order valence-corrected chi connectivity index (χ1v) is 4.59. The van der Waals surface area contributed by atoms with Crippen molar-refractivity contribution in [1.29, 1.82) is 0 Å². The fourth-order valence-corrected chi connectivity index (χ4v) is 1.25. The SMILES string of the molecule is Cc1ccc(F)c(C(=O)Nc2ncn[nH]2)c1. The lowest BCUT2D eigenvalue weighted by molar-refractivity contribution is 0.102. The second-order valence-corrected chi connectivity index (χ2v) is 3.27. The minimum Gasteiger partial charge on any atom is -0.291 e. The van der Waals surface area contributed by atoms with Crippen molar-refractivity contribution in [2.45, 2.75) is 6.92 Å². The lowest BCUT2D eigenvalue weighted by atomic mass is 10.1. The summed E-state index contributed by atoms with van der Waals surface area (Å²) in [7, 11) is 0. The second-order valence-electron chi connectivity index (χ2n) is 3.27. The van der Waals surface area contributed by atoms with E-state index in [1.807, 2.05) is 0 Å². The number of aryl methyl sites for hydroxylation is 1. The number of aromatic nitrogens is 3. The van der Waals surface area contributed by atoms with Crippen LogP contribution in [0.3, 0.4) is 0 Å². The fraction of sp³-hybridized carbons (Fsp3) is 0.100. The number of anilines is 1. The molecule has 2 aromatic rings. The van der Waals surface area contributed by atoms with Crippen molar-refractivity contribution in [3.8, 4) is 0 Å². The largest absolute Gasteiger partial charge is 0.291 e. The Bertz CT molecular complexity index is 510. The van der Waals surface area contributed by atoms with Crippen LogP contribution in [-0.4, -0.2) is 21.1 Å². The molecular formula is C10H9FN4O. The van der Waals surface area contributed by atoms with Gasteiger partial charge in [-0.3, -0.25) is 10.1 Å². The summed E-state index contributed by atoms with van der Waals surface area (Å²) >= 11 is 0. The molecule has 0 atom stereocenters. The van der Waals surface area contributed by atoms with Gasteiger partial charge in [0.25, 0.3) is 5.91 Å². The average molecular weight is 220 g/mol. The third-order valence-electron chi connectivity index (χ3n) is 2.01. The zero-order valence-corrected chi connectivity index (χ0v) is 8.49. The van der Waals surface area contributed by atoms with Gasteiger partial charge >= 0.3 is 0 Å². The Morgan fingerprint density at radius 3 is 3.00 bits per heavy atom. The van der Waals surface area contributed by atoms with E-state index in [9.17, 15) is 9.18 Å². The number of nitrogens with zero attached hydrogens (tertiary/aromatic N) is 2. The molecule has 2 rings (SSSR count). The molecule has 82 valence electrons. The molecule has 0 bridgehead atoms. The molecule has 1 heterocycles. The van der Waals surface area contributed by atoms with Crippen molar-refractivity contribution >= 4 is 11.9 Å². The molecule has 1 aromatic heterocycles. The van der Waals surface area contributed by atoms with Crippen molar-refractivity contribution in [2.24, 2.45) is 0 Å². The van der Waals surface area contributed by atoms with Crippen molar-refractivity contribution in [1.82, 2.24) is 15.2 Å². The number of aromatic amines is 1. The Labute approximate surface area is 90.7 Å². The van der Waals surface area contributed by atoms with Gasteiger partial charge in [-0.05, 0) is 19.1 Å². The van der Waals surface area contributed by atoms with Crippen LogP contribution >= 0.6 is 0 Å². The molecule has 1 aromatic carbocycles. The molecule has 0 aliphatic heterocycles. The van der Waals surface area contributed by atoms with E-state index in [1.54, 1.807) is 13.0 Å². The highest BCUT2D eigenvalue weighted by Gasteiger charge is 2.12. The molecule has 0 fully saturated rings. The van der Waals surface area contributed by atoms with Gasteiger partial charge in [-0.1, -0.05) is 11.6 Å². The monoisotopic (exact) mass is 220 g/mol. The summed E-state index contributed by atoms with van der Waals surface area (Å²) in [4.78, 5) is 15.4. The maximum atomic E-state index is 13.3. The third kappa shape index (κ3) is 2.05. The molecular weight excluding hydrogens is 211 g/mol. The predicted octanol–water partition coefficient (Wildman–Crippen LogP) is 1.50. The first-order valence-electron chi connectivity index (χ1n) is 4.59. The fourth-order valence-electron chi connectivity index (χ4n) is 1.25. The molecule has 0 unspecified atom stereocenters. The van der Waals surface area contributed by atoms with Gasteiger partial charge in [0.1, 0.15) is 12.1 Å². The summed E-state index contributed by atoms with van der Waals surface area (Å²) in [6, 6.07) is 4.33. The number of carbonyl (C=O) groups excluding carboxylic acids is 1. The van der Waals surface area contributed by atoms with Crippen LogP contribution in [0.25, 0.3) is 0 Å². The average Bonchev–Trinajstić information content (AvgIpc) is 2.74. The lowest BCUT2D eigenvalue weighted by Gasteiger charge is -2.03. The molecule has 5 nitrogen and oxygen atoms in total. The van der Waals surface area contributed by atoms with Gasteiger partial charge in [0.05, 0.1) is 5.56 Å². The van der Waals surface area contributed by atoms with Crippen LogP contribution in [-0.2, 0) is 0 Å². The van der Waals surface area contributed by atoms with Crippen molar-refractivity contribution < 1.29 is 9.18 Å². The van der Waals surface area contributed by atoms with E-state index in [-0.39, 0.29) is 11.5 Å². The van der Waals surface area contributed by atoms with E-state index in [2.05, 4.69) is 20.5 Å². The van der Waals surface area contributed by atoms with Crippen LogP contribution in [0.2, 0.25) is 0 Å². The van der Waals surface area contributed by atoms with Crippen molar-refractivity contribution in [3.63, 3.8) is 0 Å². The molecule has 0 radical (unpaired) electrons. The summed E-state index contributed by atoms with van der Waals surface area (Å²) in [5, 5.41) is 8.42. The van der Waals surface area contributed by atoms with Crippen LogP contribution in [0, 0.1) is 12.7 Å². The zero-order valence-electron chi connectivity index (χ0n) is 8.49. The molecule has 0 aliphatic rings. The Morgan fingerprint density at radius 1 is 1.50 bits per heavy atom. The van der Waals surface area contributed by atoms with Crippen molar-refractivity contribution in [3.05, 3.63) is 41.5 Å². The molecule has 16 heavy (non-hydrogen) atoms. The van der Waals surface area contributed by atoms with Gasteiger partial charge in [-0.15, -0.1) is 0 Å². The molecule has 6 heteroatoms. The Hall–Kier alpha value is -2.24. The molecule has 1 amide bonds. The maximum Gasteiger partial charge on any atom is 0.260 e. The number of rotatable bonds is 2. The highest BCUT2D eigenvalue weighted by molar-refractivity contribution is 6.03. The molecule has 0 saturated carbocycles. The number of hydrogen-bond donors (Lipinski definition) is 2. The van der Waals surface area contributed by atoms with Gasteiger partial charge in [0.2, 0.25) is 5.95 Å². The van der Waals surface area contributed by atoms with Gasteiger partial charge in [0, 0.05) is 0 Å². The van der Waals surface area contributed by atoms with E-state index >= 15 is 0 Å². The van der Waals surface area contributed by atoms with Crippen LogP contribution in [0.5, 0.6) is 0 Å². The van der Waals surface area contributed by atoms with E-state index in [0.29, 0.717) is 0 Å². The standard InChI is InChI=1S/C10H9FN4O/c1-6-2-3-8(11)7(4-6)9(16)14-10-12-5-13-15-10/h2-5H,1H3,(H2,12,13,14,15,16). The van der Waals surface area contributed by atoms with E-state index < -0.39 is 11.7 Å². The predicted molar refractivity (Wildman–Crippen MR) is 55.5 cm³/mol. The molecule has 0 aliphatic carbocycles. The lowest BCUT2D eigenvalue weighted by Crippen LogP contribution is -2.14. The quantitative estimate of drug-likeness (QED) is 0.805. The summed E-state index contributed by atoms with van der Waals surface area (Å²) in [6.07, 6.45) is 1.25. The minimum atomic E-state index is -0.567. The van der Waals surface area contributed by atoms with Gasteiger partial charge in [-0.25, -0.2) is 9.49 Å². The van der Waals surface area contributed by atoms with Crippen molar-refractivity contribution in [2.75, 3.05) is 5.32 Å². The number of amides is 1. The first-order chi connectivity index (χ1) is 7.66. The van der Waals surface area contributed by atoms with Crippen LogP contribution in [0.4, 0.5) is 10.3 Å². The van der Waals surface area contributed by atoms with Gasteiger partial charge in [-0.2, -0.15) is 10.1 Å². The smallest absolute Gasteiger partial charge is 0.260 e. The first kappa shape index (κ1) is 10.3. The van der Waals surface area contributed by atoms with Crippen LogP contribution in [0.1, 0.15) is 15.9 Å². The van der Waals surface area contributed by atoms with E-state index in [1.165, 1.54) is 18.5 Å². The van der Waals surface area contributed by atoms with Crippen LogP contribution in [0.15, 0.2) is 24.5 Å². The summed E-state index contributed by atoms with van der Waals surface area (Å²) in [6.45, 7) is 1.78. The summed E-state index contributed by atoms with van der Waals surface area (Å²) < 4.78 is 13.3. The van der Waals surface area contributed by atoms with Crippen LogP contribution < -0.4 is 5.32 Å². The number of benzene rings is 1. The Morgan fingerprint density at radius 2 is 2.31 bits per heavy atom. The number of hydrogen-bond acceptors (Lipinski definition) is 3.